The van der Waals surface area contributed by atoms with Crippen molar-refractivity contribution in [3.8, 4) is 0 Å². The Bertz CT molecular complexity index is 2040. The van der Waals surface area contributed by atoms with Crippen LogP contribution in [0.4, 0.5) is 0 Å². The van der Waals surface area contributed by atoms with Crippen molar-refractivity contribution < 1.29 is 15.3 Å². The van der Waals surface area contributed by atoms with Crippen LogP contribution < -0.4 is 47.7 Å². The molecule has 0 N–H and O–H groups in total. The molecule has 0 aliphatic carbocycles. The minimum atomic E-state index is -3.18. The second-order valence-electron chi connectivity index (χ2n) is 14.4. The molecular formula is C54H48P3Pd. The first-order valence-electron chi connectivity index (χ1n) is 19.9. The predicted molar refractivity (Wildman–Crippen MR) is 260 cm³/mol. The summed E-state index contributed by atoms with van der Waals surface area (Å²) in [5, 5.41) is 13.3. The minimum absolute atomic E-state index is 1.48. The van der Waals surface area contributed by atoms with Crippen molar-refractivity contribution in [3.63, 3.8) is 0 Å². The van der Waals surface area contributed by atoms with Crippen LogP contribution in [0.1, 0.15) is 0 Å². The van der Waals surface area contributed by atoms with Crippen molar-refractivity contribution in [3.05, 3.63) is 273 Å². The first-order chi connectivity index (χ1) is 28.8. The van der Waals surface area contributed by atoms with Crippen molar-refractivity contribution in [2.75, 3.05) is 0 Å². The number of hydrogen-bond acceptors (Lipinski definition) is 0. The molecule has 0 amide bonds. The van der Waals surface area contributed by atoms with Crippen molar-refractivity contribution >= 4 is 64.1 Å². The van der Waals surface area contributed by atoms with Gasteiger partial charge in [0.15, 0.2) is 0 Å². The van der Waals surface area contributed by atoms with Gasteiger partial charge in [-0.1, -0.05) is 0 Å². The molecule has 9 rings (SSSR count). The fourth-order valence-corrected chi connectivity index (χ4v) is 95.3. The Kier molecular flexibility index (Phi) is 11.6. The van der Waals surface area contributed by atoms with Crippen LogP contribution in [-0.4, -0.2) is 0 Å². The molecule has 9 aromatic carbocycles. The topological polar surface area (TPSA) is 0 Å². The SMILES string of the molecule is c1ccc([PH](c2ccccc2)(c2ccccc2)[Pd]([PH](c2ccccc2)(c2ccccc2)c2ccccc2)[PH](c2ccccc2)(c2ccccc2)c2ccccc2)cc1. The van der Waals surface area contributed by atoms with Crippen LogP contribution in [0, 0.1) is 0 Å². The van der Waals surface area contributed by atoms with Gasteiger partial charge >= 0.3 is 352 Å². The number of benzene rings is 9. The molecule has 0 aromatic heterocycles. The normalized spacial score (nSPS) is 12.9. The predicted octanol–water partition coefficient (Wildman–Crippen LogP) is 9.53. The van der Waals surface area contributed by atoms with E-state index in [4.69, 9.17) is 0 Å². The zero-order chi connectivity index (χ0) is 39.1. The van der Waals surface area contributed by atoms with Gasteiger partial charge in [0, 0.05) is 0 Å². The van der Waals surface area contributed by atoms with Gasteiger partial charge in [-0.25, -0.2) is 0 Å². The molecule has 0 saturated heterocycles. The van der Waals surface area contributed by atoms with E-state index >= 15 is 0 Å². The zero-order valence-electron chi connectivity index (χ0n) is 32.3. The summed E-state index contributed by atoms with van der Waals surface area (Å²) < 4.78 is 0. The summed E-state index contributed by atoms with van der Waals surface area (Å²) in [6, 6.07) is 106. The molecule has 0 aliphatic rings. The Morgan fingerprint density at radius 1 is 0.155 bits per heavy atom. The van der Waals surface area contributed by atoms with Crippen LogP contribution in [-0.2, 0) is 15.3 Å². The number of rotatable bonds is 12. The van der Waals surface area contributed by atoms with Gasteiger partial charge < -0.3 is 0 Å². The van der Waals surface area contributed by atoms with Gasteiger partial charge in [0.05, 0.1) is 0 Å². The number of hydrogen-bond donors (Lipinski definition) is 0. The summed E-state index contributed by atoms with van der Waals surface area (Å²) in [6.07, 6.45) is 0. The summed E-state index contributed by atoms with van der Waals surface area (Å²) >= 11 is -2.18. The Balaban J connectivity index is 1.68. The van der Waals surface area contributed by atoms with E-state index < -0.39 is 31.6 Å². The van der Waals surface area contributed by atoms with E-state index in [1.54, 1.807) is 0 Å². The molecular weight excluding hydrogens is 848 g/mol. The second-order valence-corrected chi connectivity index (χ2v) is 46.1. The molecule has 0 unspecified atom stereocenters. The summed E-state index contributed by atoms with van der Waals surface area (Å²) in [4.78, 5) is 0. The van der Waals surface area contributed by atoms with E-state index in [9.17, 15) is 0 Å². The first kappa shape index (κ1) is 38.5. The quantitative estimate of drug-likeness (QED) is 0.0848. The molecule has 0 heterocycles. The fraction of sp³-hybridized carbons (Fsp3) is 0. The van der Waals surface area contributed by atoms with Crippen LogP contribution in [0.2, 0.25) is 0 Å². The Labute approximate surface area is 350 Å². The van der Waals surface area contributed by atoms with Gasteiger partial charge in [0.1, 0.15) is 0 Å². The monoisotopic (exact) mass is 895 g/mol. The third-order valence-electron chi connectivity index (χ3n) is 11.1. The second kappa shape index (κ2) is 17.4. The fourth-order valence-electron chi connectivity index (χ4n) is 8.77. The van der Waals surface area contributed by atoms with Gasteiger partial charge in [0.25, 0.3) is 0 Å². The van der Waals surface area contributed by atoms with Crippen molar-refractivity contribution in [2.24, 2.45) is 0 Å². The molecule has 0 aliphatic heterocycles. The van der Waals surface area contributed by atoms with Crippen molar-refractivity contribution in [1.29, 1.82) is 0 Å². The van der Waals surface area contributed by atoms with Crippen LogP contribution in [0.15, 0.2) is 273 Å². The molecule has 0 atom stereocenters. The maximum absolute atomic E-state index is 3.18. The van der Waals surface area contributed by atoms with Crippen LogP contribution in [0.3, 0.4) is 0 Å². The summed E-state index contributed by atoms with van der Waals surface area (Å²) in [5.41, 5.74) is -9.54. The third-order valence-corrected chi connectivity index (χ3v) is 70.2. The molecule has 0 radical (unpaired) electrons. The van der Waals surface area contributed by atoms with Gasteiger partial charge in [-0.15, -0.1) is 0 Å². The van der Waals surface area contributed by atoms with Gasteiger partial charge in [-0.2, -0.15) is 0 Å². The maximum atomic E-state index is 2.50. The van der Waals surface area contributed by atoms with E-state index in [0.29, 0.717) is 0 Å². The summed E-state index contributed by atoms with van der Waals surface area (Å²) in [7, 11) is 0. The average molecular weight is 896 g/mol. The third kappa shape index (κ3) is 6.58. The Morgan fingerprint density at radius 3 is 0.362 bits per heavy atom. The zero-order valence-corrected chi connectivity index (χ0v) is 36.9. The molecule has 9 aromatic rings. The summed E-state index contributed by atoms with van der Waals surface area (Å²) in [5.74, 6) is 0. The molecule has 0 fully saturated rings. The van der Waals surface area contributed by atoms with Crippen molar-refractivity contribution in [1.82, 2.24) is 0 Å². The molecule has 0 spiro atoms. The van der Waals surface area contributed by atoms with Crippen LogP contribution in [0.5, 0.6) is 0 Å². The van der Waals surface area contributed by atoms with Crippen LogP contribution in [0.25, 0.3) is 0 Å². The van der Waals surface area contributed by atoms with Crippen LogP contribution >= 0.6 is 16.4 Å². The van der Waals surface area contributed by atoms with E-state index in [1.165, 1.54) is 47.7 Å². The molecule has 4 heteroatoms. The molecule has 0 bridgehead atoms. The van der Waals surface area contributed by atoms with E-state index in [2.05, 4.69) is 273 Å². The summed E-state index contributed by atoms with van der Waals surface area (Å²) in [6.45, 7) is 0. The molecule has 289 valence electrons. The Hall–Kier alpha value is -5.07. The van der Waals surface area contributed by atoms with Crippen molar-refractivity contribution in [2.45, 2.75) is 0 Å². The van der Waals surface area contributed by atoms with Gasteiger partial charge in [-0.3, -0.25) is 0 Å². The molecule has 0 nitrogen and oxygen atoms in total. The van der Waals surface area contributed by atoms with E-state index in [-0.39, 0.29) is 0 Å². The molecule has 0 saturated carbocycles. The van der Waals surface area contributed by atoms with E-state index in [1.807, 2.05) is 0 Å². The van der Waals surface area contributed by atoms with E-state index in [0.717, 1.165) is 0 Å². The average Bonchev–Trinajstić information content (AvgIpc) is 3.33. The molecule has 58 heavy (non-hydrogen) atoms. The first-order valence-corrected chi connectivity index (χ1v) is 32.4. The van der Waals surface area contributed by atoms with Gasteiger partial charge in [-0.05, 0) is 0 Å². The standard InChI is InChI=1S/3C18H15P.Pd/c3*1-4-10-16(11-5-1)19(17-12-6-2-7-13-17)18-14-8-3-9-15-18;/h3*1-15H;/q;;;-3/p+3. The van der Waals surface area contributed by atoms with Gasteiger partial charge in [0.2, 0.25) is 0 Å². The Morgan fingerprint density at radius 2 is 0.259 bits per heavy atom.